The fourth-order valence-electron chi connectivity index (χ4n) is 4.28. The molecule has 0 saturated carbocycles. The lowest BCUT2D eigenvalue weighted by Crippen LogP contribution is -2.23. The third kappa shape index (κ3) is 5.25. The maximum atomic E-state index is 13.0. The van der Waals surface area contributed by atoms with Crippen molar-refractivity contribution < 1.29 is 9.53 Å². The van der Waals surface area contributed by atoms with Gasteiger partial charge < -0.3 is 19.5 Å². The van der Waals surface area contributed by atoms with E-state index >= 15 is 0 Å². The van der Waals surface area contributed by atoms with E-state index in [9.17, 15) is 4.79 Å². The molecule has 4 rings (SSSR count). The molecule has 0 bridgehead atoms. The summed E-state index contributed by atoms with van der Waals surface area (Å²) < 4.78 is 6.13. The predicted octanol–water partition coefficient (Wildman–Crippen LogP) is 5.03. The molecule has 3 aromatic rings. The van der Waals surface area contributed by atoms with Crippen LogP contribution in [0.15, 0.2) is 30.6 Å². The molecule has 7 heteroatoms. The van der Waals surface area contributed by atoms with Gasteiger partial charge in [0.05, 0.1) is 17.5 Å². The molecule has 1 aromatic carbocycles. The molecule has 0 aliphatic carbocycles. The van der Waals surface area contributed by atoms with Gasteiger partial charge in [-0.15, -0.1) is 0 Å². The number of carbonyl (C=O) groups excluding carboxylic acids is 1. The first-order chi connectivity index (χ1) is 15.9. The predicted molar refractivity (Wildman–Crippen MR) is 138 cm³/mol. The van der Waals surface area contributed by atoms with Gasteiger partial charge >= 0.3 is 0 Å². The van der Waals surface area contributed by atoms with Crippen LogP contribution >= 0.6 is 0 Å². The summed E-state index contributed by atoms with van der Waals surface area (Å²) in [6, 6.07) is 6.31. The van der Waals surface area contributed by atoms with Crippen molar-refractivity contribution in [1.82, 2.24) is 19.9 Å². The van der Waals surface area contributed by atoms with E-state index in [-0.39, 0.29) is 11.2 Å². The van der Waals surface area contributed by atoms with Crippen LogP contribution in [-0.4, -0.2) is 66.0 Å². The Hall–Kier alpha value is -2.93. The number of H-pyrrole nitrogens is 1. The quantitative estimate of drug-likeness (QED) is 0.496. The van der Waals surface area contributed by atoms with E-state index in [0.29, 0.717) is 23.3 Å². The van der Waals surface area contributed by atoms with Crippen molar-refractivity contribution in [3.8, 4) is 17.0 Å². The minimum atomic E-state index is -0.497. The summed E-state index contributed by atoms with van der Waals surface area (Å²) in [5.74, 6) is 0.868. The minimum absolute atomic E-state index is 0.0472. The Bertz CT molecular complexity index is 1190. The first kappa shape index (κ1) is 24.2. The Morgan fingerprint density at radius 3 is 2.65 bits per heavy atom. The molecule has 0 unspecified atom stereocenters. The van der Waals surface area contributed by atoms with Gasteiger partial charge in [0.1, 0.15) is 17.9 Å². The summed E-state index contributed by atoms with van der Waals surface area (Å²) in [6.07, 6.45) is 4.64. The highest BCUT2D eigenvalue weighted by atomic mass is 16.5. The number of anilines is 1. The van der Waals surface area contributed by atoms with Crippen molar-refractivity contribution in [2.75, 3.05) is 45.2 Å². The monoisotopic (exact) mass is 463 g/mol. The molecule has 0 spiro atoms. The first-order valence-electron chi connectivity index (χ1n) is 12.0. The molecule has 1 aliphatic heterocycles. The molecule has 1 N–H and O–H groups in total. The molecule has 34 heavy (non-hydrogen) atoms. The second kappa shape index (κ2) is 9.02. The van der Waals surface area contributed by atoms with Gasteiger partial charge in [0, 0.05) is 48.6 Å². The van der Waals surface area contributed by atoms with Crippen LogP contribution in [0, 0.1) is 10.8 Å². The number of nitrogens with one attached hydrogen (secondary N) is 1. The number of ether oxygens (including phenoxy) is 1. The van der Waals surface area contributed by atoms with Crippen molar-refractivity contribution in [3.05, 3.63) is 36.2 Å². The van der Waals surface area contributed by atoms with E-state index < -0.39 is 5.41 Å². The summed E-state index contributed by atoms with van der Waals surface area (Å²) in [5, 5.41) is 0. The summed E-state index contributed by atoms with van der Waals surface area (Å²) >= 11 is 0. The van der Waals surface area contributed by atoms with Crippen LogP contribution in [0.25, 0.3) is 22.4 Å². The average molecular weight is 464 g/mol. The second-order valence-electron chi connectivity index (χ2n) is 11.4. The van der Waals surface area contributed by atoms with Crippen molar-refractivity contribution in [1.29, 1.82) is 0 Å². The fraction of sp³-hybridized carbons (Fsp3) is 0.519. The maximum absolute atomic E-state index is 13.0. The number of aromatic amines is 1. The van der Waals surface area contributed by atoms with Crippen LogP contribution in [0.4, 0.5) is 5.69 Å². The van der Waals surface area contributed by atoms with Gasteiger partial charge in [-0.25, -0.2) is 9.97 Å². The molecule has 0 amide bonds. The van der Waals surface area contributed by atoms with E-state index in [1.807, 2.05) is 40.9 Å². The van der Waals surface area contributed by atoms with Crippen LogP contribution in [0.3, 0.4) is 0 Å². The summed E-state index contributed by atoms with van der Waals surface area (Å²) in [4.78, 5) is 30.1. The number of aromatic nitrogens is 3. The normalized spacial score (nSPS) is 15.9. The van der Waals surface area contributed by atoms with Crippen LogP contribution in [0.5, 0.6) is 5.75 Å². The topological polar surface area (TPSA) is 74.3 Å². The fourth-order valence-corrected chi connectivity index (χ4v) is 4.28. The number of carbonyl (C=O) groups is 1. The average Bonchev–Trinajstić information content (AvgIpc) is 3.34. The Balaban J connectivity index is 1.74. The van der Waals surface area contributed by atoms with Crippen molar-refractivity contribution in [2.24, 2.45) is 10.8 Å². The zero-order valence-corrected chi connectivity index (χ0v) is 21.5. The van der Waals surface area contributed by atoms with E-state index in [2.05, 4.69) is 45.7 Å². The molecule has 1 saturated heterocycles. The lowest BCUT2D eigenvalue weighted by molar-refractivity contribution is 0.0860. The third-order valence-corrected chi connectivity index (χ3v) is 6.34. The molecule has 2 aromatic heterocycles. The number of rotatable bonds is 7. The van der Waals surface area contributed by atoms with Gasteiger partial charge in [0.15, 0.2) is 11.4 Å². The highest BCUT2D eigenvalue weighted by Gasteiger charge is 2.30. The van der Waals surface area contributed by atoms with E-state index in [4.69, 9.17) is 9.72 Å². The highest BCUT2D eigenvalue weighted by molar-refractivity contribution is 6.08. The number of hydrogen-bond acceptors (Lipinski definition) is 6. The summed E-state index contributed by atoms with van der Waals surface area (Å²) in [6.45, 7) is 13.8. The first-order valence-corrected chi connectivity index (χ1v) is 12.0. The molecule has 182 valence electrons. The number of fused-ring (bicyclic) bond motifs is 1. The van der Waals surface area contributed by atoms with Crippen LogP contribution < -0.4 is 9.64 Å². The van der Waals surface area contributed by atoms with Gasteiger partial charge in [-0.1, -0.05) is 34.6 Å². The standard InChI is InChI=1S/C27H37N5O2/c1-26(2,3)24(33)21-15-28-25-23(21)30-22(16-29-25)18-12-19(32-9-8-27(4,5)17-32)14-20(13-18)34-11-10-31(6)7/h12-16H,8-11,17H2,1-7H3,(H,28,29). The number of hydrogen-bond donors (Lipinski definition) is 1. The number of benzene rings is 1. The lowest BCUT2D eigenvalue weighted by Gasteiger charge is -2.23. The van der Waals surface area contributed by atoms with E-state index in [1.165, 1.54) is 0 Å². The minimum Gasteiger partial charge on any atom is -0.492 e. The zero-order chi connectivity index (χ0) is 24.7. The van der Waals surface area contributed by atoms with Gasteiger partial charge in [-0.2, -0.15) is 0 Å². The van der Waals surface area contributed by atoms with Gasteiger partial charge in [0.2, 0.25) is 0 Å². The molecule has 3 heterocycles. The van der Waals surface area contributed by atoms with Crippen molar-refractivity contribution in [2.45, 2.75) is 41.0 Å². The SMILES string of the molecule is CN(C)CCOc1cc(-c2cnc3[nH]cc(C(=O)C(C)(C)C)c3n2)cc(N2CCC(C)(C)C2)c1. The number of Topliss-reactive ketones (excluding diaryl/α,β-unsaturated/α-hetero) is 1. The number of nitrogens with zero attached hydrogens (tertiary/aromatic N) is 4. The molecule has 0 radical (unpaired) electrons. The Labute approximate surface area is 202 Å². The van der Waals surface area contributed by atoms with Crippen molar-refractivity contribution in [3.63, 3.8) is 0 Å². The molecule has 1 fully saturated rings. The Morgan fingerprint density at radius 1 is 1.24 bits per heavy atom. The van der Waals surface area contributed by atoms with Crippen LogP contribution in [0.2, 0.25) is 0 Å². The smallest absolute Gasteiger partial charge is 0.171 e. The van der Waals surface area contributed by atoms with Gasteiger partial charge in [0.25, 0.3) is 0 Å². The molecule has 7 nitrogen and oxygen atoms in total. The molecular formula is C27H37N5O2. The second-order valence-corrected chi connectivity index (χ2v) is 11.4. The van der Waals surface area contributed by atoms with Gasteiger partial charge in [-0.3, -0.25) is 4.79 Å². The lowest BCUT2D eigenvalue weighted by atomic mass is 9.87. The number of ketones is 1. The third-order valence-electron chi connectivity index (χ3n) is 6.34. The maximum Gasteiger partial charge on any atom is 0.171 e. The van der Waals surface area contributed by atoms with E-state index in [0.717, 1.165) is 48.7 Å². The van der Waals surface area contributed by atoms with E-state index in [1.54, 1.807) is 12.4 Å². The number of likely N-dealkylation sites (N-methyl/N-ethyl adjacent to an activating group) is 1. The van der Waals surface area contributed by atoms with Crippen LogP contribution in [0.1, 0.15) is 51.4 Å². The largest absolute Gasteiger partial charge is 0.492 e. The Kier molecular flexibility index (Phi) is 6.42. The zero-order valence-electron chi connectivity index (χ0n) is 21.5. The summed E-state index contributed by atoms with van der Waals surface area (Å²) in [5.41, 5.74) is 4.40. The summed E-state index contributed by atoms with van der Waals surface area (Å²) in [7, 11) is 4.07. The van der Waals surface area contributed by atoms with Crippen molar-refractivity contribution >= 4 is 22.6 Å². The molecule has 1 aliphatic rings. The molecule has 0 atom stereocenters. The molecular weight excluding hydrogens is 426 g/mol. The van der Waals surface area contributed by atoms with Gasteiger partial charge in [-0.05, 0) is 38.1 Å². The Morgan fingerprint density at radius 2 is 2.00 bits per heavy atom. The van der Waals surface area contributed by atoms with Crippen LogP contribution in [-0.2, 0) is 0 Å². The highest BCUT2D eigenvalue weighted by Crippen LogP contribution is 2.37.